The minimum absolute atomic E-state index is 0.0106. The van der Waals surface area contributed by atoms with E-state index in [2.05, 4.69) is 15.2 Å². The quantitative estimate of drug-likeness (QED) is 0.888. The molecule has 7 heteroatoms. The fourth-order valence-corrected chi connectivity index (χ4v) is 4.41. The van der Waals surface area contributed by atoms with Gasteiger partial charge in [0.1, 0.15) is 10.7 Å². The van der Waals surface area contributed by atoms with Crippen LogP contribution in [0.2, 0.25) is 0 Å². The van der Waals surface area contributed by atoms with Gasteiger partial charge >= 0.3 is 0 Å². The smallest absolute Gasteiger partial charge is 0.267 e. The first-order chi connectivity index (χ1) is 11.7. The number of rotatable bonds is 5. The van der Waals surface area contributed by atoms with Gasteiger partial charge in [-0.3, -0.25) is 9.69 Å². The number of amides is 1. The van der Waals surface area contributed by atoms with Crippen LogP contribution in [0, 0.1) is 11.8 Å². The van der Waals surface area contributed by atoms with Crippen molar-refractivity contribution in [1.29, 1.82) is 0 Å². The number of carbonyl (C=O) groups is 1. The van der Waals surface area contributed by atoms with Gasteiger partial charge in [0, 0.05) is 56.3 Å². The number of fused-ring (bicyclic) bond motifs is 1. The zero-order valence-electron chi connectivity index (χ0n) is 13.7. The molecule has 2 aliphatic heterocycles. The van der Waals surface area contributed by atoms with Gasteiger partial charge in [-0.05, 0) is 12.1 Å². The molecule has 0 spiro atoms. The molecule has 0 radical (unpaired) electrons. The lowest BCUT2D eigenvalue weighted by molar-refractivity contribution is 0.0899. The third-order valence-electron chi connectivity index (χ3n) is 5.06. The molecule has 2 fully saturated rings. The van der Waals surface area contributed by atoms with Crippen molar-refractivity contribution in [2.45, 2.75) is 12.6 Å². The second-order valence-corrected chi connectivity index (χ2v) is 7.61. The first-order valence-electron chi connectivity index (χ1n) is 8.32. The van der Waals surface area contributed by atoms with E-state index in [1.807, 2.05) is 41.5 Å². The first-order valence-corrected chi connectivity index (χ1v) is 9.20. The standard InChI is InChI=1S/C17H22N4O2S/c1-20-5-2-3-14(20)17(22)19-7-12-11-23-15-9-21(8-13(12)15)10-16-18-4-6-24-16/h2-6,12-13,15H,7-11H2,1H3,(H,19,22)/t12-,13-,15-/m1/s1. The summed E-state index contributed by atoms with van der Waals surface area (Å²) in [4.78, 5) is 19.0. The average molecular weight is 346 g/mol. The maximum Gasteiger partial charge on any atom is 0.267 e. The molecule has 1 N–H and O–H groups in total. The third kappa shape index (κ3) is 3.11. The lowest BCUT2D eigenvalue weighted by Crippen LogP contribution is -2.34. The van der Waals surface area contributed by atoms with E-state index in [1.165, 1.54) is 0 Å². The van der Waals surface area contributed by atoms with Gasteiger partial charge in [0.2, 0.25) is 0 Å². The fourth-order valence-electron chi connectivity index (χ4n) is 3.75. The SMILES string of the molecule is Cn1cccc1C(=O)NC[C@@H]1CO[C@@H]2CN(Cc3nccs3)C[C@H]12. The molecule has 3 atom stereocenters. The van der Waals surface area contributed by atoms with E-state index in [0.717, 1.165) is 31.2 Å². The van der Waals surface area contributed by atoms with Crippen LogP contribution >= 0.6 is 11.3 Å². The molecule has 24 heavy (non-hydrogen) atoms. The molecule has 0 unspecified atom stereocenters. The fraction of sp³-hybridized carbons (Fsp3) is 0.529. The third-order valence-corrected chi connectivity index (χ3v) is 5.82. The Bertz CT molecular complexity index is 699. The van der Waals surface area contributed by atoms with Gasteiger partial charge in [-0.15, -0.1) is 11.3 Å². The lowest BCUT2D eigenvalue weighted by Gasteiger charge is -2.19. The number of nitrogens with one attached hydrogen (secondary N) is 1. The predicted octanol–water partition coefficient (Wildman–Crippen LogP) is 1.36. The van der Waals surface area contributed by atoms with Crippen molar-refractivity contribution in [3.8, 4) is 0 Å². The summed E-state index contributed by atoms with van der Waals surface area (Å²) in [5.74, 6) is 0.878. The molecule has 0 saturated carbocycles. The van der Waals surface area contributed by atoms with Gasteiger partial charge < -0.3 is 14.6 Å². The van der Waals surface area contributed by atoms with Crippen molar-refractivity contribution in [2.24, 2.45) is 18.9 Å². The molecule has 2 saturated heterocycles. The van der Waals surface area contributed by atoms with Crippen molar-refractivity contribution >= 4 is 17.2 Å². The van der Waals surface area contributed by atoms with Crippen LogP contribution in [0.5, 0.6) is 0 Å². The molecule has 128 valence electrons. The van der Waals surface area contributed by atoms with Crippen LogP contribution < -0.4 is 5.32 Å². The molecule has 4 heterocycles. The van der Waals surface area contributed by atoms with Crippen molar-refractivity contribution in [3.05, 3.63) is 40.6 Å². The van der Waals surface area contributed by atoms with Gasteiger partial charge in [0.15, 0.2) is 0 Å². The van der Waals surface area contributed by atoms with E-state index >= 15 is 0 Å². The van der Waals surface area contributed by atoms with Crippen LogP contribution in [-0.4, -0.2) is 52.7 Å². The van der Waals surface area contributed by atoms with E-state index in [0.29, 0.717) is 30.2 Å². The topological polar surface area (TPSA) is 59.4 Å². The first kappa shape index (κ1) is 15.8. The Morgan fingerprint density at radius 1 is 1.50 bits per heavy atom. The molecule has 4 rings (SSSR count). The summed E-state index contributed by atoms with van der Waals surface area (Å²) in [5.41, 5.74) is 0.697. The van der Waals surface area contributed by atoms with Gasteiger partial charge in [-0.2, -0.15) is 0 Å². The van der Waals surface area contributed by atoms with Gasteiger partial charge in [-0.25, -0.2) is 4.98 Å². The normalized spacial score (nSPS) is 26.6. The minimum Gasteiger partial charge on any atom is -0.376 e. The summed E-state index contributed by atoms with van der Waals surface area (Å²) < 4.78 is 7.81. The summed E-state index contributed by atoms with van der Waals surface area (Å²) in [7, 11) is 1.89. The average Bonchev–Trinajstić information content (AvgIpc) is 3.31. The van der Waals surface area contributed by atoms with Crippen LogP contribution in [0.1, 0.15) is 15.5 Å². The highest BCUT2D eigenvalue weighted by molar-refractivity contribution is 7.09. The summed E-state index contributed by atoms with van der Waals surface area (Å²) in [6.45, 7) is 4.31. The van der Waals surface area contributed by atoms with E-state index in [4.69, 9.17) is 4.74 Å². The van der Waals surface area contributed by atoms with Crippen LogP contribution in [0.4, 0.5) is 0 Å². The molecule has 1 amide bonds. The number of thiazole rings is 1. The lowest BCUT2D eigenvalue weighted by atomic mass is 9.93. The number of nitrogens with zero attached hydrogens (tertiary/aromatic N) is 3. The molecular weight excluding hydrogens is 324 g/mol. The maximum absolute atomic E-state index is 12.3. The minimum atomic E-state index is -0.0106. The number of hydrogen-bond donors (Lipinski definition) is 1. The van der Waals surface area contributed by atoms with Crippen LogP contribution in [-0.2, 0) is 18.3 Å². The number of likely N-dealkylation sites (tertiary alicyclic amines) is 1. The van der Waals surface area contributed by atoms with E-state index < -0.39 is 0 Å². The molecule has 2 aliphatic rings. The van der Waals surface area contributed by atoms with Crippen molar-refractivity contribution in [3.63, 3.8) is 0 Å². The molecule has 2 aromatic heterocycles. The summed E-state index contributed by atoms with van der Waals surface area (Å²) in [6.07, 6.45) is 4.04. The summed E-state index contributed by atoms with van der Waals surface area (Å²) >= 11 is 1.70. The van der Waals surface area contributed by atoms with E-state index in [1.54, 1.807) is 11.3 Å². The van der Waals surface area contributed by atoms with Crippen LogP contribution in [0.15, 0.2) is 29.9 Å². The van der Waals surface area contributed by atoms with Crippen molar-refractivity contribution in [2.75, 3.05) is 26.2 Å². The highest BCUT2D eigenvalue weighted by Crippen LogP contribution is 2.34. The van der Waals surface area contributed by atoms with Crippen molar-refractivity contribution in [1.82, 2.24) is 19.8 Å². The second-order valence-electron chi connectivity index (χ2n) is 6.63. The van der Waals surface area contributed by atoms with Crippen LogP contribution in [0.25, 0.3) is 0 Å². The molecule has 2 aromatic rings. The molecule has 0 bridgehead atoms. The number of hydrogen-bond acceptors (Lipinski definition) is 5. The summed E-state index contributed by atoms with van der Waals surface area (Å²) in [6, 6.07) is 3.73. The molecule has 0 aliphatic carbocycles. The number of ether oxygens (including phenoxy) is 1. The Morgan fingerprint density at radius 2 is 2.42 bits per heavy atom. The zero-order valence-corrected chi connectivity index (χ0v) is 14.5. The Labute approximate surface area is 145 Å². The van der Waals surface area contributed by atoms with Crippen molar-refractivity contribution < 1.29 is 9.53 Å². The van der Waals surface area contributed by atoms with Gasteiger partial charge in [-0.1, -0.05) is 0 Å². The van der Waals surface area contributed by atoms with Gasteiger partial charge in [0.25, 0.3) is 5.91 Å². The van der Waals surface area contributed by atoms with Gasteiger partial charge in [0.05, 0.1) is 19.3 Å². The highest BCUT2D eigenvalue weighted by atomic mass is 32.1. The second kappa shape index (κ2) is 6.66. The maximum atomic E-state index is 12.3. The molecule has 6 nitrogen and oxygen atoms in total. The molecular formula is C17H22N4O2S. The predicted molar refractivity (Wildman–Crippen MR) is 91.9 cm³/mol. The monoisotopic (exact) mass is 346 g/mol. The Hall–Kier alpha value is -1.70. The number of aryl methyl sites for hydroxylation is 1. The van der Waals surface area contributed by atoms with Crippen LogP contribution in [0.3, 0.4) is 0 Å². The summed E-state index contributed by atoms with van der Waals surface area (Å²) in [5, 5.41) is 6.25. The zero-order chi connectivity index (χ0) is 16.5. The largest absolute Gasteiger partial charge is 0.376 e. The Kier molecular flexibility index (Phi) is 4.39. The number of aromatic nitrogens is 2. The van der Waals surface area contributed by atoms with E-state index in [-0.39, 0.29) is 5.91 Å². The number of carbonyl (C=O) groups excluding carboxylic acids is 1. The van der Waals surface area contributed by atoms with E-state index in [9.17, 15) is 4.79 Å². The highest BCUT2D eigenvalue weighted by Gasteiger charge is 2.43. The molecule has 0 aromatic carbocycles. The Morgan fingerprint density at radius 3 is 3.17 bits per heavy atom. The Balaban J connectivity index is 1.31.